The predicted octanol–water partition coefficient (Wildman–Crippen LogP) is 3.09. The van der Waals surface area contributed by atoms with Crippen molar-refractivity contribution in [3.05, 3.63) is 71.1 Å². The summed E-state index contributed by atoms with van der Waals surface area (Å²) in [7, 11) is 1.82. The molecule has 2 N–H and O–H groups in total. The fourth-order valence-electron chi connectivity index (χ4n) is 2.68. The maximum absolute atomic E-state index is 11.6. The van der Waals surface area contributed by atoms with Gasteiger partial charge < -0.3 is 10.3 Å². The highest BCUT2D eigenvalue weighted by Crippen LogP contribution is 2.30. The molecule has 6 nitrogen and oxygen atoms in total. The highest BCUT2D eigenvalue weighted by molar-refractivity contribution is 5.84. The van der Waals surface area contributed by atoms with E-state index in [0.717, 1.165) is 22.6 Å². The standard InChI is InChI=1S/C19H15N5O/c1-20-15-11-13(9-10-21-15)18-17(12-5-3-2-4-6-12)24-19-14(22-18)7-8-16(25)23-19/h2-11H,1H3,(H,20,21)(H,23,24,25). The van der Waals surface area contributed by atoms with E-state index < -0.39 is 0 Å². The molecule has 0 saturated carbocycles. The Labute approximate surface area is 143 Å². The first-order valence-corrected chi connectivity index (χ1v) is 7.85. The van der Waals surface area contributed by atoms with Gasteiger partial charge in [0, 0.05) is 30.4 Å². The molecule has 6 heteroatoms. The van der Waals surface area contributed by atoms with E-state index in [1.54, 1.807) is 12.3 Å². The Bertz CT molecular complexity index is 1110. The number of rotatable bonds is 3. The summed E-state index contributed by atoms with van der Waals surface area (Å²) in [4.78, 5) is 28.1. The van der Waals surface area contributed by atoms with Crippen molar-refractivity contribution in [3.63, 3.8) is 0 Å². The number of aromatic nitrogens is 4. The molecule has 0 aliphatic heterocycles. The van der Waals surface area contributed by atoms with Crippen molar-refractivity contribution in [2.45, 2.75) is 0 Å². The fourth-order valence-corrected chi connectivity index (χ4v) is 2.68. The summed E-state index contributed by atoms with van der Waals surface area (Å²) in [5, 5.41) is 3.03. The van der Waals surface area contributed by atoms with Crippen molar-refractivity contribution < 1.29 is 0 Å². The van der Waals surface area contributed by atoms with E-state index in [4.69, 9.17) is 4.98 Å². The molecule has 0 aliphatic rings. The van der Waals surface area contributed by atoms with Crippen LogP contribution in [0.3, 0.4) is 0 Å². The topological polar surface area (TPSA) is 83.6 Å². The minimum atomic E-state index is -0.199. The van der Waals surface area contributed by atoms with Crippen molar-refractivity contribution in [3.8, 4) is 22.5 Å². The van der Waals surface area contributed by atoms with Crippen LogP contribution in [0.2, 0.25) is 0 Å². The van der Waals surface area contributed by atoms with E-state index in [-0.39, 0.29) is 5.56 Å². The van der Waals surface area contributed by atoms with Crippen LogP contribution >= 0.6 is 0 Å². The van der Waals surface area contributed by atoms with Gasteiger partial charge in [0.2, 0.25) is 5.56 Å². The number of hydrogen-bond donors (Lipinski definition) is 2. The number of nitrogens with zero attached hydrogens (tertiary/aromatic N) is 3. The van der Waals surface area contributed by atoms with Gasteiger partial charge in [0.1, 0.15) is 11.3 Å². The smallest absolute Gasteiger partial charge is 0.249 e. The van der Waals surface area contributed by atoms with Crippen LogP contribution in [-0.2, 0) is 0 Å². The third-order valence-corrected chi connectivity index (χ3v) is 3.89. The summed E-state index contributed by atoms with van der Waals surface area (Å²) in [5.41, 5.74) is 4.19. The second-order valence-corrected chi connectivity index (χ2v) is 5.52. The normalized spacial score (nSPS) is 10.8. The zero-order valence-corrected chi connectivity index (χ0v) is 13.5. The lowest BCUT2D eigenvalue weighted by molar-refractivity contribution is 1.19. The van der Waals surface area contributed by atoms with Crippen molar-refractivity contribution in [1.82, 2.24) is 19.9 Å². The van der Waals surface area contributed by atoms with Gasteiger partial charge >= 0.3 is 0 Å². The highest BCUT2D eigenvalue weighted by atomic mass is 16.1. The SMILES string of the molecule is CNc1cc(-c2nc3ccc(=O)[nH]c3nc2-c2ccccc2)ccn1. The van der Waals surface area contributed by atoms with Crippen LogP contribution < -0.4 is 10.9 Å². The van der Waals surface area contributed by atoms with E-state index in [2.05, 4.69) is 20.3 Å². The monoisotopic (exact) mass is 329 g/mol. The zero-order valence-electron chi connectivity index (χ0n) is 13.5. The third kappa shape index (κ3) is 2.85. The number of aromatic amines is 1. The molecule has 4 rings (SSSR count). The second kappa shape index (κ2) is 6.16. The molecule has 0 atom stereocenters. The maximum Gasteiger partial charge on any atom is 0.249 e. The Balaban J connectivity index is 2.03. The third-order valence-electron chi connectivity index (χ3n) is 3.89. The van der Waals surface area contributed by atoms with Crippen LogP contribution in [0.25, 0.3) is 33.7 Å². The molecule has 0 bridgehead atoms. The molecular weight excluding hydrogens is 314 g/mol. The average molecular weight is 329 g/mol. The predicted molar refractivity (Wildman–Crippen MR) is 98.4 cm³/mol. The van der Waals surface area contributed by atoms with Gasteiger partial charge in [-0.3, -0.25) is 4.79 Å². The summed E-state index contributed by atoms with van der Waals surface area (Å²) < 4.78 is 0. The van der Waals surface area contributed by atoms with Gasteiger partial charge in [-0.2, -0.15) is 0 Å². The van der Waals surface area contributed by atoms with Gasteiger partial charge in [-0.25, -0.2) is 15.0 Å². The molecule has 0 saturated heterocycles. The molecule has 0 aliphatic carbocycles. The van der Waals surface area contributed by atoms with Crippen molar-refractivity contribution >= 4 is 17.0 Å². The molecule has 4 aromatic rings. The van der Waals surface area contributed by atoms with E-state index in [0.29, 0.717) is 16.9 Å². The first kappa shape index (κ1) is 15.0. The maximum atomic E-state index is 11.6. The number of hydrogen-bond acceptors (Lipinski definition) is 5. The molecule has 0 radical (unpaired) electrons. The summed E-state index contributed by atoms with van der Waals surface area (Å²) in [6.07, 6.45) is 1.73. The van der Waals surface area contributed by atoms with Gasteiger partial charge in [0.15, 0.2) is 5.65 Å². The lowest BCUT2D eigenvalue weighted by atomic mass is 10.0. The number of benzene rings is 1. The molecule has 0 fully saturated rings. The molecule has 3 heterocycles. The molecule has 0 spiro atoms. The van der Waals surface area contributed by atoms with Crippen LogP contribution in [0.1, 0.15) is 0 Å². The number of fused-ring (bicyclic) bond motifs is 1. The summed E-state index contributed by atoms with van der Waals surface area (Å²) in [5.74, 6) is 0.750. The average Bonchev–Trinajstić information content (AvgIpc) is 2.67. The minimum absolute atomic E-state index is 0.199. The Kier molecular flexibility index (Phi) is 3.70. The summed E-state index contributed by atoms with van der Waals surface area (Å²) in [6, 6.07) is 16.7. The van der Waals surface area contributed by atoms with Gasteiger partial charge in [-0.15, -0.1) is 0 Å². The van der Waals surface area contributed by atoms with Gasteiger partial charge in [0.25, 0.3) is 0 Å². The Hall–Kier alpha value is -3.54. The van der Waals surface area contributed by atoms with Gasteiger partial charge in [-0.1, -0.05) is 30.3 Å². The summed E-state index contributed by atoms with van der Waals surface area (Å²) in [6.45, 7) is 0. The largest absolute Gasteiger partial charge is 0.373 e. The van der Waals surface area contributed by atoms with Crippen molar-refractivity contribution in [2.75, 3.05) is 12.4 Å². The Morgan fingerprint density at radius 3 is 2.52 bits per heavy atom. The number of pyridine rings is 2. The second-order valence-electron chi connectivity index (χ2n) is 5.52. The molecule has 0 amide bonds. The molecular formula is C19H15N5O. The van der Waals surface area contributed by atoms with Gasteiger partial charge in [0.05, 0.1) is 11.4 Å². The first-order valence-electron chi connectivity index (χ1n) is 7.85. The van der Waals surface area contributed by atoms with Crippen molar-refractivity contribution in [1.29, 1.82) is 0 Å². The Morgan fingerprint density at radius 1 is 0.920 bits per heavy atom. The molecule has 122 valence electrons. The fraction of sp³-hybridized carbons (Fsp3) is 0.0526. The first-order chi connectivity index (χ1) is 12.2. The van der Waals surface area contributed by atoms with Crippen LogP contribution in [0.4, 0.5) is 5.82 Å². The summed E-state index contributed by atoms with van der Waals surface area (Å²) >= 11 is 0. The highest BCUT2D eigenvalue weighted by Gasteiger charge is 2.14. The van der Waals surface area contributed by atoms with E-state index in [9.17, 15) is 4.79 Å². The Morgan fingerprint density at radius 2 is 1.72 bits per heavy atom. The molecule has 0 unspecified atom stereocenters. The van der Waals surface area contributed by atoms with Crippen LogP contribution in [-0.4, -0.2) is 27.0 Å². The quantitative estimate of drug-likeness (QED) is 0.603. The lowest BCUT2D eigenvalue weighted by Crippen LogP contribution is -2.06. The number of H-pyrrole nitrogens is 1. The van der Waals surface area contributed by atoms with E-state index >= 15 is 0 Å². The van der Waals surface area contributed by atoms with E-state index in [1.165, 1.54) is 6.07 Å². The lowest BCUT2D eigenvalue weighted by Gasteiger charge is -2.11. The van der Waals surface area contributed by atoms with Crippen LogP contribution in [0.15, 0.2) is 65.6 Å². The molecule has 1 aromatic carbocycles. The molecule has 25 heavy (non-hydrogen) atoms. The molecule has 3 aromatic heterocycles. The van der Waals surface area contributed by atoms with E-state index in [1.807, 2.05) is 49.5 Å². The van der Waals surface area contributed by atoms with Gasteiger partial charge in [-0.05, 0) is 18.2 Å². The number of nitrogens with one attached hydrogen (secondary N) is 2. The van der Waals surface area contributed by atoms with Crippen LogP contribution in [0, 0.1) is 0 Å². The number of anilines is 1. The van der Waals surface area contributed by atoms with Crippen LogP contribution in [0.5, 0.6) is 0 Å². The van der Waals surface area contributed by atoms with Crippen molar-refractivity contribution in [2.24, 2.45) is 0 Å². The minimum Gasteiger partial charge on any atom is -0.373 e. The zero-order chi connectivity index (χ0) is 17.2.